The van der Waals surface area contributed by atoms with Crippen LogP contribution in [0.15, 0.2) is 48.6 Å². The van der Waals surface area contributed by atoms with Crippen LogP contribution in [0.4, 0.5) is 0 Å². The van der Waals surface area contributed by atoms with Crippen LogP contribution in [0.3, 0.4) is 0 Å². The average Bonchev–Trinajstić information content (AvgIpc) is 3.12. The number of hydrogen-bond acceptors (Lipinski definition) is 8. The monoisotopic (exact) mass is 965 g/mol. The zero-order valence-electron chi connectivity index (χ0n) is 46.1. The molecular weight excluding hydrogens is 865 g/mol. The summed E-state index contributed by atoms with van der Waals surface area (Å²) < 4.78 is 40.9. The van der Waals surface area contributed by atoms with E-state index in [0.29, 0.717) is 13.2 Å². The number of rotatable bonds is 16. The maximum atomic E-state index is 13.8. The van der Waals surface area contributed by atoms with Gasteiger partial charge in [0.1, 0.15) is 12.2 Å². The fourth-order valence-electron chi connectivity index (χ4n) is 6.89. The molecule has 10 atom stereocenters. The van der Waals surface area contributed by atoms with Crippen molar-refractivity contribution < 1.29 is 36.8 Å². The molecule has 0 unspecified atom stereocenters. The van der Waals surface area contributed by atoms with Gasteiger partial charge in [-0.05, 0) is 72.5 Å². The SMILES string of the molecule is C[C@@H]([C@@H](O[Si](C)(C)C(C)(C)C)[C@H](C)CO[Si](C)(C)C(C)(C)C)[C@H]1OC(=O)/C=C/C=C/[C@H](C)[C@@H]([C@@H](C)[C@@H](O[Si](C)(C)C(C)(C)C)[C@H](C)CO[Si](C)(C)C(C)(C)C)OC(=O)/C=C/C=C/[C@@H]1C. The van der Waals surface area contributed by atoms with Gasteiger partial charge < -0.3 is 27.2 Å². The van der Waals surface area contributed by atoms with Gasteiger partial charge >= 0.3 is 11.9 Å². The van der Waals surface area contributed by atoms with Gasteiger partial charge in [0.25, 0.3) is 0 Å². The molecule has 0 N–H and O–H groups in total. The predicted molar refractivity (Wildman–Crippen MR) is 282 cm³/mol. The molecule has 0 amide bonds. The third-order valence-electron chi connectivity index (χ3n) is 15.8. The third-order valence-corrected chi connectivity index (χ3v) is 33.7. The lowest BCUT2D eigenvalue weighted by molar-refractivity contribution is -0.151. The Balaban J connectivity index is 3.71. The van der Waals surface area contributed by atoms with Crippen LogP contribution in [0.1, 0.15) is 125 Å². The minimum atomic E-state index is -2.27. The maximum Gasteiger partial charge on any atom is 0.331 e. The summed E-state index contributed by atoms with van der Waals surface area (Å²) in [6.45, 7) is 59.2. The predicted octanol–water partition coefficient (Wildman–Crippen LogP) is 14.7. The topological polar surface area (TPSA) is 89.5 Å². The molecule has 0 radical (unpaired) electrons. The molecule has 0 saturated heterocycles. The largest absolute Gasteiger partial charge is 0.458 e. The van der Waals surface area contributed by atoms with Crippen LogP contribution in [0.25, 0.3) is 0 Å². The maximum absolute atomic E-state index is 13.8. The van der Waals surface area contributed by atoms with Gasteiger partial charge in [-0.3, -0.25) is 0 Å². The van der Waals surface area contributed by atoms with Gasteiger partial charge in [0.05, 0.1) is 12.2 Å². The number of hydrogen-bond donors (Lipinski definition) is 0. The van der Waals surface area contributed by atoms with Gasteiger partial charge in [-0.2, -0.15) is 0 Å². The lowest BCUT2D eigenvalue weighted by Crippen LogP contribution is -2.52. The van der Waals surface area contributed by atoms with E-state index in [2.05, 4.69) is 177 Å². The Hall–Kier alpha value is -1.39. The Bertz CT molecular complexity index is 1480. The van der Waals surface area contributed by atoms with E-state index in [0.717, 1.165) is 0 Å². The molecule has 0 saturated carbocycles. The van der Waals surface area contributed by atoms with E-state index in [1.807, 2.05) is 24.3 Å². The zero-order chi connectivity index (χ0) is 50.2. The lowest BCUT2D eigenvalue weighted by atomic mass is 9.84. The van der Waals surface area contributed by atoms with Crippen molar-refractivity contribution in [2.75, 3.05) is 13.2 Å². The van der Waals surface area contributed by atoms with Crippen molar-refractivity contribution in [1.29, 1.82) is 0 Å². The Morgan fingerprint density at radius 2 is 0.750 bits per heavy atom. The van der Waals surface area contributed by atoms with E-state index in [1.54, 1.807) is 12.2 Å². The van der Waals surface area contributed by atoms with Crippen molar-refractivity contribution in [2.24, 2.45) is 35.5 Å². The van der Waals surface area contributed by atoms with Crippen molar-refractivity contribution in [3.63, 3.8) is 0 Å². The first-order chi connectivity index (χ1) is 28.6. The molecule has 0 aromatic rings. The van der Waals surface area contributed by atoms with Gasteiger partial charge in [-0.1, -0.05) is 161 Å². The highest BCUT2D eigenvalue weighted by Crippen LogP contribution is 2.44. The van der Waals surface area contributed by atoms with Crippen molar-refractivity contribution in [2.45, 2.75) is 222 Å². The summed E-state index contributed by atoms with van der Waals surface area (Å²) in [5, 5.41) is 0.103. The fourth-order valence-corrected chi connectivity index (χ4v) is 12.1. The molecule has 0 fully saturated rings. The highest BCUT2D eigenvalue weighted by Gasteiger charge is 2.47. The van der Waals surface area contributed by atoms with Crippen LogP contribution in [-0.4, -0.2) is 82.8 Å². The molecule has 0 aromatic heterocycles. The van der Waals surface area contributed by atoms with Gasteiger partial charge in [-0.15, -0.1) is 0 Å². The summed E-state index contributed by atoms with van der Waals surface area (Å²) in [5.74, 6) is -1.50. The third kappa shape index (κ3) is 17.6. The highest BCUT2D eigenvalue weighted by molar-refractivity contribution is 6.75. The van der Waals surface area contributed by atoms with Crippen molar-refractivity contribution in [3.05, 3.63) is 48.6 Å². The average molecular weight is 966 g/mol. The highest BCUT2D eigenvalue weighted by atomic mass is 28.4. The van der Waals surface area contributed by atoms with Gasteiger partial charge in [-0.25, -0.2) is 9.59 Å². The van der Waals surface area contributed by atoms with Gasteiger partial charge in [0, 0.05) is 60.9 Å². The number of allylic oxidation sites excluding steroid dienone is 4. The first kappa shape index (κ1) is 60.6. The van der Waals surface area contributed by atoms with Crippen LogP contribution in [0.2, 0.25) is 72.5 Å². The number of esters is 2. The molecule has 1 heterocycles. The van der Waals surface area contributed by atoms with Crippen LogP contribution >= 0.6 is 0 Å². The molecule has 0 spiro atoms. The zero-order valence-corrected chi connectivity index (χ0v) is 50.1. The van der Waals surface area contributed by atoms with E-state index in [9.17, 15) is 9.59 Å². The lowest BCUT2D eigenvalue weighted by Gasteiger charge is -2.45. The van der Waals surface area contributed by atoms with Crippen LogP contribution in [0, 0.1) is 35.5 Å². The molecular formula is C52H100O8Si4. The summed E-state index contributed by atoms with van der Waals surface area (Å²) in [6, 6.07) is 0. The quantitative estimate of drug-likeness (QED) is 0.112. The first-order valence-corrected chi connectivity index (χ1v) is 36.0. The molecule has 0 bridgehead atoms. The van der Waals surface area contributed by atoms with Crippen LogP contribution in [0.5, 0.6) is 0 Å². The number of cyclic esters (lactones) is 2. The summed E-state index contributed by atoms with van der Waals surface area (Å²) >= 11 is 0. The molecule has 0 aromatic carbocycles. The van der Waals surface area contributed by atoms with Gasteiger partial charge in [0.15, 0.2) is 33.3 Å². The fraction of sp³-hybridized carbons (Fsp3) is 0.808. The van der Waals surface area contributed by atoms with Crippen LogP contribution in [-0.2, 0) is 36.8 Å². The number of carbonyl (C=O) groups is 2. The van der Waals surface area contributed by atoms with Crippen LogP contribution < -0.4 is 0 Å². The van der Waals surface area contributed by atoms with E-state index >= 15 is 0 Å². The van der Waals surface area contributed by atoms with E-state index in [1.165, 1.54) is 12.2 Å². The van der Waals surface area contributed by atoms with E-state index in [-0.39, 0.29) is 67.9 Å². The molecule has 372 valence electrons. The smallest absolute Gasteiger partial charge is 0.331 e. The summed E-state index contributed by atoms with van der Waals surface area (Å²) in [7, 11) is -8.60. The summed E-state index contributed by atoms with van der Waals surface area (Å²) in [5.41, 5.74) is 0. The number of carbonyl (C=O) groups excluding carboxylic acids is 2. The second-order valence-corrected chi connectivity index (χ2v) is 44.6. The van der Waals surface area contributed by atoms with E-state index < -0.39 is 57.4 Å². The molecule has 0 aliphatic carbocycles. The van der Waals surface area contributed by atoms with Crippen molar-refractivity contribution >= 4 is 45.2 Å². The number of ether oxygens (including phenoxy) is 2. The van der Waals surface area contributed by atoms with Gasteiger partial charge in [0.2, 0.25) is 0 Å². The summed E-state index contributed by atoms with van der Waals surface area (Å²) in [4.78, 5) is 27.6. The Morgan fingerprint density at radius 3 is 1.00 bits per heavy atom. The summed E-state index contributed by atoms with van der Waals surface area (Å²) in [6.07, 6.45) is 12.7. The second kappa shape index (κ2) is 23.3. The second-order valence-electron chi connectivity index (χ2n) is 25.5. The molecule has 12 heteroatoms. The molecule has 1 rings (SSSR count). The Morgan fingerprint density at radius 1 is 0.484 bits per heavy atom. The minimum Gasteiger partial charge on any atom is -0.458 e. The molecule has 8 nitrogen and oxygen atoms in total. The molecule has 1 aliphatic heterocycles. The molecule has 1 aliphatic rings. The Labute approximate surface area is 399 Å². The van der Waals surface area contributed by atoms with E-state index in [4.69, 9.17) is 27.2 Å². The molecule has 64 heavy (non-hydrogen) atoms. The van der Waals surface area contributed by atoms with Crippen molar-refractivity contribution in [1.82, 2.24) is 0 Å². The Kier molecular flexibility index (Phi) is 22.0. The first-order valence-electron chi connectivity index (χ1n) is 24.3. The standard InChI is InChI=1S/C52H100O8Si4/c1-37-31-27-29-33-44(54)58-46(42(6)48(60-64(25,26)52(16,17)18)40(4)36-56-62(21,22)50(10,11)12)38(2)32-28-30-34-43(53)57-45(37)41(5)47(59-63(23,24)51(13,14)15)39(3)35-55-61(19,20)49(7,8)9/h27-34,37-42,45-48H,35-36H2,1-26H3/b31-27+,32-28+,33-29+,34-30+/t37-,38-,39+,40+,41+,42+,45-,46-,47-,48-/m0/s1. The minimum absolute atomic E-state index is 0.0217. The normalized spacial score (nSPS) is 25.8. The van der Waals surface area contributed by atoms with Crippen molar-refractivity contribution in [3.8, 4) is 0 Å².